The summed E-state index contributed by atoms with van der Waals surface area (Å²) in [6.07, 6.45) is 0.996. The van der Waals surface area contributed by atoms with Crippen LogP contribution in [0.4, 0.5) is 0 Å². The Morgan fingerprint density at radius 2 is 1.75 bits per heavy atom. The number of aliphatic hydroxyl groups excluding tert-OH is 2. The molecule has 2 heteroatoms. The van der Waals surface area contributed by atoms with E-state index in [-0.39, 0.29) is 0 Å². The average Bonchev–Trinajstić information content (AvgIpc) is 1.84. The minimum Gasteiger partial charge on any atom is -0.390 e. The Morgan fingerprint density at radius 3 is 2.08 bits per heavy atom. The van der Waals surface area contributed by atoms with Gasteiger partial charge in [-0.2, -0.15) is 0 Å². The van der Waals surface area contributed by atoms with Gasteiger partial charge in [0.1, 0.15) is 0 Å². The Balaban J connectivity index is 3.93. The van der Waals surface area contributed by atoms with Crippen LogP contribution in [-0.4, -0.2) is 22.4 Å². The van der Waals surface area contributed by atoms with Gasteiger partial charge in [0.05, 0.1) is 12.2 Å². The van der Waals surface area contributed by atoms with E-state index in [1.54, 1.807) is 6.08 Å². The Kier molecular flexibility index (Phi) is 5.18. The van der Waals surface area contributed by atoms with E-state index in [9.17, 15) is 10.2 Å². The van der Waals surface area contributed by atoms with E-state index in [2.05, 4.69) is 0 Å². The Labute approximate surface area is 74.9 Å². The largest absolute Gasteiger partial charge is 0.390 e. The molecule has 0 fully saturated rings. The van der Waals surface area contributed by atoms with Gasteiger partial charge in [-0.1, -0.05) is 25.5 Å². The molecule has 0 aliphatic carbocycles. The van der Waals surface area contributed by atoms with Crippen LogP contribution in [0.25, 0.3) is 0 Å². The summed E-state index contributed by atoms with van der Waals surface area (Å²) in [4.78, 5) is 0. The summed E-state index contributed by atoms with van der Waals surface area (Å²) < 4.78 is 0. The molecule has 2 nitrogen and oxygen atoms in total. The molecule has 72 valence electrons. The molecule has 0 aliphatic heterocycles. The molecule has 0 aromatic rings. The van der Waals surface area contributed by atoms with Crippen LogP contribution >= 0.6 is 0 Å². The standard InChI is InChI=1S/C10H20O2/c1-7(2)5-9(11)10(12)6-8(3)4/h5,8-12H,6H2,1-4H3. The van der Waals surface area contributed by atoms with Crippen LogP contribution in [0.2, 0.25) is 0 Å². The normalized spacial score (nSPS) is 15.9. The number of hydrogen-bond donors (Lipinski definition) is 2. The van der Waals surface area contributed by atoms with Crippen molar-refractivity contribution in [2.24, 2.45) is 5.92 Å². The highest BCUT2D eigenvalue weighted by molar-refractivity contribution is 5.00. The molecule has 2 N–H and O–H groups in total. The topological polar surface area (TPSA) is 40.5 Å². The quantitative estimate of drug-likeness (QED) is 0.634. The van der Waals surface area contributed by atoms with Crippen molar-refractivity contribution in [1.29, 1.82) is 0 Å². The Morgan fingerprint density at radius 1 is 1.25 bits per heavy atom. The molecule has 0 amide bonds. The van der Waals surface area contributed by atoms with Gasteiger partial charge in [0.2, 0.25) is 0 Å². The van der Waals surface area contributed by atoms with Crippen LogP contribution in [0.5, 0.6) is 0 Å². The van der Waals surface area contributed by atoms with Gasteiger partial charge in [-0.15, -0.1) is 0 Å². The zero-order valence-electron chi connectivity index (χ0n) is 8.41. The second-order valence-electron chi connectivity index (χ2n) is 3.93. The number of allylic oxidation sites excluding steroid dienone is 1. The summed E-state index contributed by atoms with van der Waals surface area (Å²) in [6.45, 7) is 7.87. The van der Waals surface area contributed by atoms with Gasteiger partial charge in [-0.05, 0) is 26.2 Å². The van der Waals surface area contributed by atoms with Gasteiger partial charge in [-0.25, -0.2) is 0 Å². The maximum absolute atomic E-state index is 9.44. The van der Waals surface area contributed by atoms with Gasteiger partial charge < -0.3 is 10.2 Å². The third kappa shape index (κ3) is 5.33. The molecule has 0 bridgehead atoms. The van der Waals surface area contributed by atoms with E-state index in [0.717, 1.165) is 5.57 Å². The van der Waals surface area contributed by atoms with Crippen molar-refractivity contribution in [3.63, 3.8) is 0 Å². The van der Waals surface area contributed by atoms with Crippen molar-refractivity contribution in [1.82, 2.24) is 0 Å². The lowest BCUT2D eigenvalue weighted by Gasteiger charge is -2.16. The van der Waals surface area contributed by atoms with Crippen molar-refractivity contribution in [3.8, 4) is 0 Å². The average molecular weight is 172 g/mol. The summed E-state index contributed by atoms with van der Waals surface area (Å²) >= 11 is 0. The van der Waals surface area contributed by atoms with E-state index in [0.29, 0.717) is 12.3 Å². The molecular formula is C10H20O2. The highest BCUT2D eigenvalue weighted by Crippen LogP contribution is 2.09. The first-order valence-corrected chi connectivity index (χ1v) is 4.44. The van der Waals surface area contributed by atoms with Crippen LogP contribution in [0, 0.1) is 5.92 Å². The van der Waals surface area contributed by atoms with Crippen LogP contribution in [0.1, 0.15) is 34.1 Å². The van der Waals surface area contributed by atoms with Crippen LogP contribution in [0.3, 0.4) is 0 Å². The van der Waals surface area contributed by atoms with Gasteiger partial charge in [-0.3, -0.25) is 0 Å². The minimum absolute atomic E-state index is 0.417. The molecule has 12 heavy (non-hydrogen) atoms. The molecule has 0 radical (unpaired) electrons. The fourth-order valence-electron chi connectivity index (χ4n) is 1.08. The second-order valence-corrected chi connectivity index (χ2v) is 3.93. The third-order valence-electron chi connectivity index (χ3n) is 1.61. The first-order chi connectivity index (χ1) is 5.43. The number of hydrogen-bond acceptors (Lipinski definition) is 2. The summed E-state index contributed by atoms with van der Waals surface area (Å²) in [5.74, 6) is 0.417. The van der Waals surface area contributed by atoms with E-state index >= 15 is 0 Å². The lowest BCUT2D eigenvalue weighted by molar-refractivity contribution is 0.0346. The summed E-state index contributed by atoms with van der Waals surface area (Å²) in [6, 6.07) is 0. The highest BCUT2D eigenvalue weighted by atomic mass is 16.3. The predicted octanol–water partition coefficient (Wildman–Crippen LogP) is 1.72. The molecule has 0 saturated carbocycles. The zero-order chi connectivity index (χ0) is 9.72. The molecule has 0 aromatic heterocycles. The van der Waals surface area contributed by atoms with Gasteiger partial charge in [0.25, 0.3) is 0 Å². The lowest BCUT2D eigenvalue weighted by atomic mass is 10.0. The molecule has 0 heterocycles. The van der Waals surface area contributed by atoms with Crippen molar-refractivity contribution in [3.05, 3.63) is 11.6 Å². The lowest BCUT2D eigenvalue weighted by Crippen LogP contribution is -2.25. The van der Waals surface area contributed by atoms with Crippen LogP contribution in [-0.2, 0) is 0 Å². The van der Waals surface area contributed by atoms with E-state index in [1.807, 2.05) is 27.7 Å². The van der Waals surface area contributed by atoms with Crippen molar-refractivity contribution >= 4 is 0 Å². The third-order valence-corrected chi connectivity index (χ3v) is 1.61. The van der Waals surface area contributed by atoms with E-state index in [1.165, 1.54) is 0 Å². The van der Waals surface area contributed by atoms with Crippen molar-refractivity contribution < 1.29 is 10.2 Å². The molecule has 2 unspecified atom stereocenters. The predicted molar refractivity (Wildman–Crippen MR) is 50.9 cm³/mol. The van der Waals surface area contributed by atoms with Crippen LogP contribution < -0.4 is 0 Å². The molecule has 0 rings (SSSR count). The second kappa shape index (κ2) is 5.33. The van der Waals surface area contributed by atoms with Crippen molar-refractivity contribution in [2.45, 2.75) is 46.3 Å². The summed E-state index contributed by atoms with van der Waals surface area (Å²) in [5.41, 5.74) is 1.03. The first kappa shape index (κ1) is 11.7. The van der Waals surface area contributed by atoms with Crippen molar-refractivity contribution in [2.75, 3.05) is 0 Å². The zero-order valence-corrected chi connectivity index (χ0v) is 8.41. The van der Waals surface area contributed by atoms with Gasteiger partial charge in [0.15, 0.2) is 0 Å². The molecule has 0 aromatic carbocycles. The molecule has 0 spiro atoms. The molecule has 0 aliphatic rings. The fourth-order valence-corrected chi connectivity index (χ4v) is 1.08. The van der Waals surface area contributed by atoms with Crippen LogP contribution in [0.15, 0.2) is 11.6 Å². The summed E-state index contributed by atoms with van der Waals surface area (Å²) in [7, 11) is 0. The SMILES string of the molecule is CC(C)=CC(O)C(O)CC(C)C. The summed E-state index contributed by atoms with van der Waals surface area (Å²) in [5, 5.41) is 18.9. The Bertz CT molecular complexity index is 146. The number of aliphatic hydroxyl groups is 2. The fraction of sp³-hybridized carbons (Fsp3) is 0.800. The monoisotopic (exact) mass is 172 g/mol. The number of rotatable bonds is 4. The van der Waals surface area contributed by atoms with E-state index in [4.69, 9.17) is 0 Å². The maximum Gasteiger partial charge on any atom is 0.0982 e. The molecular weight excluding hydrogens is 152 g/mol. The molecule has 2 atom stereocenters. The van der Waals surface area contributed by atoms with Gasteiger partial charge in [0, 0.05) is 0 Å². The maximum atomic E-state index is 9.44. The van der Waals surface area contributed by atoms with E-state index < -0.39 is 12.2 Å². The molecule has 0 saturated heterocycles. The smallest absolute Gasteiger partial charge is 0.0982 e. The Hall–Kier alpha value is -0.340. The first-order valence-electron chi connectivity index (χ1n) is 4.44. The highest BCUT2D eigenvalue weighted by Gasteiger charge is 2.14. The van der Waals surface area contributed by atoms with Gasteiger partial charge >= 0.3 is 0 Å². The minimum atomic E-state index is -0.711.